The van der Waals surface area contributed by atoms with Crippen molar-refractivity contribution < 1.29 is 14.3 Å². The molecule has 2 aromatic carbocycles. The fourth-order valence-electron chi connectivity index (χ4n) is 3.56. The summed E-state index contributed by atoms with van der Waals surface area (Å²) >= 11 is 1.29. The van der Waals surface area contributed by atoms with Gasteiger partial charge in [0, 0.05) is 12.7 Å². The molecule has 0 bridgehead atoms. The van der Waals surface area contributed by atoms with Crippen molar-refractivity contribution in [2.24, 2.45) is 7.05 Å². The summed E-state index contributed by atoms with van der Waals surface area (Å²) in [7, 11) is 1.81. The second kappa shape index (κ2) is 11.9. The summed E-state index contributed by atoms with van der Waals surface area (Å²) < 4.78 is 7.57. The first-order chi connectivity index (χ1) is 16.7. The largest absolute Gasteiger partial charge is 0.483 e. The van der Waals surface area contributed by atoms with E-state index in [0.717, 1.165) is 33.7 Å². The van der Waals surface area contributed by atoms with E-state index < -0.39 is 0 Å². The Hall–Kier alpha value is -3.33. The number of rotatable bonds is 10. The highest BCUT2D eigenvalue weighted by atomic mass is 32.2. The quantitative estimate of drug-likeness (QED) is 0.407. The van der Waals surface area contributed by atoms with Gasteiger partial charge in [0.25, 0.3) is 5.91 Å². The van der Waals surface area contributed by atoms with Crippen molar-refractivity contribution >= 4 is 29.3 Å². The van der Waals surface area contributed by atoms with Gasteiger partial charge in [-0.2, -0.15) is 0 Å². The van der Waals surface area contributed by atoms with E-state index in [-0.39, 0.29) is 30.7 Å². The highest BCUT2D eigenvalue weighted by Crippen LogP contribution is 2.27. The van der Waals surface area contributed by atoms with E-state index in [9.17, 15) is 9.59 Å². The first-order valence-corrected chi connectivity index (χ1v) is 12.5. The van der Waals surface area contributed by atoms with Gasteiger partial charge in [-0.25, -0.2) is 0 Å². The number of hydrogen-bond acceptors (Lipinski definition) is 6. The third-order valence-corrected chi connectivity index (χ3v) is 6.62. The highest BCUT2D eigenvalue weighted by molar-refractivity contribution is 7.99. The Balaban J connectivity index is 1.49. The van der Waals surface area contributed by atoms with Crippen LogP contribution in [0.25, 0.3) is 0 Å². The number of hydrogen-bond donors (Lipinski definition) is 2. The molecule has 0 atom stereocenters. The summed E-state index contributed by atoms with van der Waals surface area (Å²) in [6, 6.07) is 11.9. The molecule has 2 amide bonds. The maximum absolute atomic E-state index is 12.4. The average Bonchev–Trinajstić information content (AvgIpc) is 3.16. The van der Waals surface area contributed by atoms with E-state index in [1.807, 2.05) is 64.2 Å². The number of para-hydroxylation sites is 1. The lowest BCUT2D eigenvalue weighted by molar-refractivity contribution is -0.123. The summed E-state index contributed by atoms with van der Waals surface area (Å²) in [6.45, 7) is 10.2. The van der Waals surface area contributed by atoms with Crippen molar-refractivity contribution in [3.63, 3.8) is 0 Å². The minimum Gasteiger partial charge on any atom is -0.483 e. The van der Waals surface area contributed by atoms with Crippen LogP contribution in [0.1, 0.15) is 47.8 Å². The van der Waals surface area contributed by atoms with Crippen LogP contribution in [0.4, 0.5) is 5.69 Å². The fourth-order valence-corrected chi connectivity index (χ4v) is 4.29. The Labute approximate surface area is 210 Å². The Kier molecular flexibility index (Phi) is 8.92. The van der Waals surface area contributed by atoms with Crippen molar-refractivity contribution in [1.29, 1.82) is 0 Å². The van der Waals surface area contributed by atoms with Crippen LogP contribution in [0, 0.1) is 20.8 Å². The van der Waals surface area contributed by atoms with Gasteiger partial charge < -0.3 is 19.9 Å². The van der Waals surface area contributed by atoms with Gasteiger partial charge in [-0.1, -0.05) is 55.9 Å². The number of carbonyl (C=O) groups excluding carboxylic acids is 2. The number of nitrogens with zero attached hydrogens (tertiary/aromatic N) is 3. The number of carbonyl (C=O) groups is 2. The maximum Gasteiger partial charge on any atom is 0.258 e. The zero-order valence-electron chi connectivity index (χ0n) is 21.1. The maximum atomic E-state index is 12.4. The summed E-state index contributed by atoms with van der Waals surface area (Å²) in [5, 5.41) is 14.7. The first kappa shape index (κ1) is 26.3. The number of aryl methyl sites for hydroxylation is 3. The molecule has 2 N–H and O–H groups in total. The normalized spacial score (nSPS) is 10.9. The Morgan fingerprint density at radius 3 is 2.46 bits per heavy atom. The molecule has 8 nitrogen and oxygen atoms in total. The minimum atomic E-state index is -0.244. The van der Waals surface area contributed by atoms with Crippen molar-refractivity contribution in [2.75, 3.05) is 17.7 Å². The lowest BCUT2D eigenvalue weighted by atomic mass is 10.0. The zero-order chi connectivity index (χ0) is 25.5. The van der Waals surface area contributed by atoms with Gasteiger partial charge in [-0.3, -0.25) is 9.59 Å². The molecule has 35 heavy (non-hydrogen) atoms. The summed E-state index contributed by atoms with van der Waals surface area (Å²) in [5.74, 6) is 1.46. The van der Waals surface area contributed by atoms with Crippen LogP contribution >= 0.6 is 11.8 Å². The van der Waals surface area contributed by atoms with Gasteiger partial charge in [0.2, 0.25) is 5.91 Å². The standard InChI is InChI=1S/C26H33N5O3S/c1-16(2)20-11-10-17(3)12-21(20)34-14-23(32)27-13-22-29-30-26(31(22)6)35-15-24(33)28-25-18(4)8-7-9-19(25)5/h7-12,16H,13-15H2,1-6H3,(H,27,32)(H,28,33). The van der Waals surface area contributed by atoms with Crippen LogP contribution in [0.2, 0.25) is 0 Å². The molecule has 0 saturated heterocycles. The molecule has 0 aliphatic heterocycles. The summed E-state index contributed by atoms with van der Waals surface area (Å²) in [4.78, 5) is 24.8. The Morgan fingerprint density at radius 1 is 1.06 bits per heavy atom. The van der Waals surface area contributed by atoms with Gasteiger partial charge in [-0.05, 0) is 55.0 Å². The smallest absolute Gasteiger partial charge is 0.258 e. The number of benzene rings is 2. The molecule has 3 rings (SSSR count). The van der Waals surface area contributed by atoms with E-state index in [1.54, 1.807) is 4.57 Å². The zero-order valence-corrected chi connectivity index (χ0v) is 22.0. The van der Waals surface area contributed by atoms with Gasteiger partial charge in [0.05, 0.1) is 12.3 Å². The minimum absolute atomic E-state index is 0.0822. The van der Waals surface area contributed by atoms with Gasteiger partial charge in [0.15, 0.2) is 17.6 Å². The predicted molar refractivity (Wildman–Crippen MR) is 139 cm³/mol. The van der Waals surface area contributed by atoms with E-state index in [0.29, 0.717) is 16.9 Å². The summed E-state index contributed by atoms with van der Waals surface area (Å²) in [5.41, 5.74) is 5.03. The molecular weight excluding hydrogens is 462 g/mol. The lowest BCUT2D eigenvalue weighted by Crippen LogP contribution is -2.29. The molecule has 3 aromatic rings. The molecule has 0 saturated carbocycles. The Bertz CT molecular complexity index is 1190. The monoisotopic (exact) mass is 495 g/mol. The lowest BCUT2D eigenvalue weighted by Gasteiger charge is -2.14. The molecule has 186 valence electrons. The van der Waals surface area contributed by atoms with E-state index in [1.165, 1.54) is 11.8 Å². The third-order valence-electron chi connectivity index (χ3n) is 5.60. The summed E-state index contributed by atoms with van der Waals surface area (Å²) in [6.07, 6.45) is 0. The van der Waals surface area contributed by atoms with Crippen LogP contribution in [-0.4, -0.2) is 38.9 Å². The van der Waals surface area contributed by atoms with Crippen molar-refractivity contribution in [1.82, 2.24) is 20.1 Å². The molecular formula is C26H33N5O3S. The van der Waals surface area contributed by atoms with Crippen LogP contribution in [0.5, 0.6) is 5.75 Å². The van der Waals surface area contributed by atoms with E-state index in [2.05, 4.69) is 34.7 Å². The molecule has 9 heteroatoms. The number of ether oxygens (including phenoxy) is 1. The topological polar surface area (TPSA) is 98.1 Å². The predicted octanol–water partition coefficient (Wildman–Crippen LogP) is 4.29. The number of thioether (sulfide) groups is 1. The molecule has 0 spiro atoms. The third kappa shape index (κ3) is 7.08. The Morgan fingerprint density at radius 2 is 1.77 bits per heavy atom. The van der Waals surface area contributed by atoms with Crippen molar-refractivity contribution in [3.05, 3.63) is 64.5 Å². The number of aromatic nitrogens is 3. The number of anilines is 1. The van der Waals surface area contributed by atoms with Gasteiger partial charge in [0.1, 0.15) is 5.75 Å². The van der Waals surface area contributed by atoms with Crippen LogP contribution in [0.15, 0.2) is 41.6 Å². The second-order valence-corrected chi connectivity index (χ2v) is 9.77. The average molecular weight is 496 g/mol. The number of amides is 2. The van der Waals surface area contributed by atoms with Crippen LogP contribution < -0.4 is 15.4 Å². The fraction of sp³-hybridized carbons (Fsp3) is 0.385. The highest BCUT2D eigenvalue weighted by Gasteiger charge is 2.15. The second-order valence-electron chi connectivity index (χ2n) is 8.82. The molecule has 0 unspecified atom stereocenters. The van der Waals surface area contributed by atoms with Gasteiger partial charge >= 0.3 is 0 Å². The molecule has 0 aliphatic rings. The molecule has 0 radical (unpaired) electrons. The van der Waals surface area contributed by atoms with Crippen molar-refractivity contribution in [2.45, 2.75) is 52.2 Å². The van der Waals surface area contributed by atoms with Gasteiger partial charge in [-0.15, -0.1) is 10.2 Å². The molecule has 1 heterocycles. The first-order valence-electron chi connectivity index (χ1n) is 11.5. The van der Waals surface area contributed by atoms with Crippen LogP contribution in [-0.2, 0) is 23.2 Å². The molecule has 0 aliphatic carbocycles. The van der Waals surface area contributed by atoms with Crippen LogP contribution in [0.3, 0.4) is 0 Å². The van der Waals surface area contributed by atoms with E-state index in [4.69, 9.17) is 4.74 Å². The molecule has 1 aromatic heterocycles. The van der Waals surface area contributed by atoms with Crippen molar-refractivity contribution in [3.8, 4) is 5.75 Å². The molecule has 0 fully saturated rings. The number of nitrogens with one attached hydrogen (secondary N) is 2. The van der Waals surface area contributed by atoms with E-state index >= 15 is 0 Å². The SMILES string of the molecule is Cc1ccc(C(C)C)c(OCC(=O)NCc2nnc(SCC(=O)Nc3c(C)cccc3C)n2C)c1.